The summed E-state index contributed by atoms with van der Waals surface area (Å²) >= 11 is 7.55. The minimum Gasteiger partial charge on any atom is -0.480 e. The van der Waals surface area contributed by atoms with Crippen molar-refractivity contribution in [3.63, 3.8) is 0 Å². The van der Waals surface area contributed by atoms with Crippen molar-refractivity contribution in [3.05, 3.63) is 46.7 Å². The number of nitrogens with zero attached hydrogens (tertiary/aromatic N) is 5. The van der Waals surface area contributed by atoms with Gasteiger partial charge in [0, 0.05) is 31.3 Å². The van der Waals surface area contributed by atoms with Crippen molar-refractivity contribution in [3.8, 4) is 16.5 Å². The minimum atomic E-state index is -2.95. The third-order valence-corrected chi connectivity index (χ3v) is 8.15. The topological polar surface area (TPSA) is 101 Å². The first-order chi connectivity index (χ1) is 19.6. The maximum atomic E-state index is 13.7. The largest absolute Gasteiger partial charge is 0.480 e. The van der Waals surface area contributed by atoms with E-state index in [-0.39, 0.29) is 36.4 Å². The summed E-state index contributed by atoms with van der Waals surface area (Å²) in [5.74, 6) is -1.61. The molecule has 0 aromatic carbocycles. The Morgan fingerprint density at radius 2 is 1.98 bits per heavy atom. The molecule has 2 saturated heterocycles. The van der Waals surface area contributed by atoms with E-state index in [1.165, 1.54) is 28.5 Å². The van der Waals surface area contributed by atoms with E-state index in [0.29, 0.717) is 35.0 Å². The van der Waals surface area contributed by atoms with Gasteiger partial charge in [-0.25, -0.2) is 28.5 Å². The maximum Gasteiger partial charge on any atom is 0.345 e. The van der Waals surface area contributed by atoms with Crippen LogP contribution in [0.2, 0.25) is 5.02 Å². The summed E-state index contributed by atoms with van der Waals surface area (Å²) in [5.41, 5.74) is 0.802. The fourth-order valence-electron chi connectivity index (χ4n) is 5.24. The number of thiophene rings is 1. The molecule has 41 heavy (non-hydrogen) atoms. The van der Waals surface area contributed by atoms with Crippen LogP contribution in [0.3, 0.4) is 0 Å². The molecule has 0 amide bonds. The van der Waals surface area contributed by atoms with Gasteiger partial charge in [-0.1, -0.05) is 17.7 Å². The van der Waals surface area contributed by atoms with Crippen molar-refractivity contribution < 1.29 is 36.9 Å². The lowest BCUT2D eigenvalue weighted by molar-refractivity contribution is -0.168. The van der Waals surface area contributed by atoms with Crippen LogP contribution in [0.4, 0.5) is 29.1 Å². The molecule has 9 nitrogen and oxygen atoms in total. The van der Waals surface area contributed by atoms with E-state index >= 15 is 0 Å². The Morgan fingerprint density at radius 3 is 2.63 bits per heavy atom. The van der Waals surface area contributed by atoms with Gasteiger partial charge >= 0.3 is 12.6 Å². The third kappa shape index (κ3) is 6.65. The lowest BCUT2D eigenvalue weighted by Crippen LogP contribution is -2.44. The maximum absolute atomic E-state index is 13.7. The SMILES string of the molecule is C[C@H]1CC(OC(F)F)CCN1c1cc(Cl)cnc1O[C@H]1C[C@@H](C(=O)O)N(c2cc(-c3cccs3)nc(C(F)F)n2)C1. The van der Waals surface area contributed by atoms with Crippen LogP contribution in [0.5, 0.6) is 5.88 Å². The highest BCUT2D eigenvalue weighted by molar-refractivity contribution is 7.13. The van der Waals surface area contributed by atoms with Gasteiger partial charge in [0.1, 0.15) is 23.7 Å². The highest BCUT2D eigenvalue weighted by atomic mass is 35.5. The van der Waals surface area contributed by atoms with E-state index in [1.54, 1.807) is 23.6 Å². The molecule has 2 fully saturated rings. The predicted octanol–water partition coefficient (Wildman–Crippen LogP) is 5.90. The van der Waals surface area contributed by atoms with Gasteiger partial charge in [0.15, 0.2) is 5.82 Å². The summed E-state index contributed by atoms with van der Waals surface area (Å²) in [6, 6.07) is 5.33. The molecule has 0 aliphatic carbocycles. The van der Waals surface area contributed by atoms with Crippen LogP contribution in [-0.4, -0.2) is 70.0 Å². The Morgan fingerprint density at radius 1 is 1.17 bits per heavy atom. The van der Waals surface area contributed by atoms with Gasteiger partial charge in [0.05, 0.1) is 28.2 Å². The second-order valence-corrected chi connectivity index (χ2v) is 11.2. The van der Waals surface area contributed by atoms with Crippen molar-refractivity contribution >= 4 is 40.4 Å². The summed E-state index contributed by atoms with van der Waals surface area (Å²) in [6.45, 7) is -0.575. The first-order valence-corrected chi connectivity index (χ1v) is 14.1. The van der Waals surface area contributed by atoms with Crippen molar-refractivity contribution in [1.29, 1.82) is 0 Å². The molecule has 3 aromatic heterocycles. The van der Waals surface area contributed by atoms with Crippen LogP contribution < -0.4 is 14.5 Å². The fourth-order valence-corrected chi connectivity index (χ4v) is 6.08. The van der Waals surface area contributed by atoms with E-state index in [2.05, 4.69) is 15.0 Å². The molecule has 220 valence electrons. The fraction of sp³-hybridized carbons (Fsp3) is 0.462. The van der Waals surface area contributed by atoms with Crippen LogP contribution in [0.1, 0.15) is 38.4 Å². The minimum absolute atomic E-state index is 0.0291. The summed E-state index contributed by atoms with van der Waals surface area (Å²) in [6.07, 6.45) is -2.11. The summed E-state index contributed by atoms with van der Waals surface area (Å²) in [7, 11) is 0. The summed E-state index contributed by atoms with van der Waals surface area (Å²) in [5, 5.41) is 12.1. The zero-order chi connectivity index (χ0) is 29.3. The smallest absolute Gasteiger partial charge is 0.345 e. The summed E-state index contributed by atoms with van der Waals surface area (Å²) < 4.78 is 63.8. The number of rotatable bonds is 9. The molecule has 3 aromatic rings. The van der Waals surface area contributed by atoms with Crippen molar-refractivity contribution in [2.75, 3.05) is 22.9 Å². The number of hydrogen-bond donors (Lipinski definition) is 1. The molecule has 5 rings (SSSR count). The monoisotopic (exact) mass is 615 g/mol. The molecule has 0 bridgehead atoms. The average Bonchev–Trinajstić information content (AvgIpc) is 3.60. The van der Waals surface area contributed by atoms with Gasteiger partial charge in [-0.3, -0.25) is 0 Å². The van der Waals surface area contributed by atoms with E-state index in [0.717, 1.165) is 0 Å². The molecule has 2 aliphatic heterocycles. The van der Waals surface area contributed by atoms with Crippen molar-refractivity contribution in [1.82, 2.24) is 15.0 Å². The standard InChI is InChI=1S/C26H26ClF4N5O4S/c1-13-7-15(40-26(30)31)4-5-35(13)18-8-14(27)11-32-24(18)39-16-9-19(25(37)38)36(12-16)21-10-17(20-3-2-6-41-20)33-23(34-21)22(28)29/h2-3,6,8,10-11,13,15-16,19,22,26H,4-5,7,9,12H2,1H3,(H,37,38)/t13-,15?,16-,19-/m0/s1. The van der Waals surface area contributed by atoms with Gasteiger partial charge in [-0.05, 0) is 37.3 Å². The average molecular weight is 616 g/mol. The Kier molecular flexibility index (Phi) is 8.80. The lowest BCUT2D eigenvalue weighted by atomic mass is 10.00. The van der Waals surface area contributed by atoms with E-state index in [1.807, 2.05) is 11.8 Å². The Bertz CT molecular complexity index is 1370. The summed E-state index contributed by atoms with van der Waals surface area (Å²) in [4.78, 5) is 28.5. The predicted molar refractivity (Wildman–Crippen MR) is 144 cm³/mol. The molecule has 2 aliphatic rings. The van der Waals surface area contributed by atoms with Gasteiger partial charge in [-0.15, -0.1) is 11.3 Å². The molecular weight excluding hydrogens is 590 g/mol. The number of halogens is 5. The zero-order valence-corrected chi connectivity index (χ0v) is 23.2. The van der Waals surface area contributed by atoms with Crippen molar-refractivity contribution in [2.45, 2.75) is 63.5 Å². The van der Waals surface area contributed by atoms with Crippen LogP contribution in [0, 0.1) is 0 Å². The van der Waals surface area contributed by atoms with Gasteiger partial charge in [-0.2, -0.15) is 8.78 Å². The first kappa shape index (κ1) is 29.3. The first-order valence-electron chi connectivity index (χ1n) is 12.8. The van der Waals surface area contributed by atoms with Crippen LogP contribution in [0.25, 0.3) is 10.6 Å². The molecule has 4 atom stereocenters. The molecule has 15 heteroatoms. The number of hydrogen-bond acceptors (Lipinski definition) is 9. The number of anilines is 2. The number of aliphatic carboxylic acids is 1. The number of pyridine rings is 1. The normalized spacial score (nSPS) is 23.0. The molecular formula is C26H26ClF4N5O4S. The van der Waals surface area contributed by atoms with E-state index < -0.39 is 43.1 Å². The molecule has 5 heterocycles. The number of piperidine rings is 1. The quantitative estimate of drug-likeness (QED) is 0.295. The number of carboxylic acids is 1. The molecule has 1 unspecified atom stereocenters. The Labute approximate surface area is 241 Å². The second-order valence-electron chi connectivity index (χ2n) is 9.79. The number of carboxylic acid groups (broad SMARTS) is 1. The molecule has 0 saturated carbocycles. The highest BCUT2D eigenvalue weighted by Gasteiger charge is 2.40. The molecule has 1 N–H and O–H groups in total. The van der Waals surface area contributed by atoms with Crippen LogP contribution in [0.15, 0.2) is 35.8 Å². The lowest BCUT2D eigenvalue weighted by Gasteiger charge is -2.39. The van der Waals surface area contributed by atoms with Gasteiger partial charge < -0.3 is 24.4 Å². The van der Waals surface area contributed by atoms with Crippen molar-refractivity contribution in [2.24, 2.45) is 0 Å². The molecule has 0 spiro atoms. The number of carbonyl (C=O) groups is 1. The number of ether oxygens (including phenoxy) is 2. The zero-order valence-electron chi connectivity index (χ0n) is 21.7. The number of alkyl halides is 4. The van der Waals surface area contributed by atoms with Gasteiger partial charge in [0.2, 0.25) is 5.88 Å². The third-order valence-electron chi connectivity index (χ3n) is 7.05. The van der Waals surface area contributed by atoms with E-state index in [9.17, 15) is 27.5 Å². The van der Waals surface area contributed by atoms with E-state index in [4.69, 9.17) is 21.1 Å². The van der Waals surface area contributed by atoms with Crippen LogP contribution >= 0.6 is 22.9 Å². The van der Waals surface area contributed by atoms with Crippen LogP contribution in [-0.2, 0) is 9.53 Å². The highest BCUT2D eigenvalue weighted by Crippen LogP contribution is 2.37. The Balaban J connectivity index is 1.40. The molecule has 0 radical (unpaired) electrons. The number of aromatic nitrogens is 3. The Hall–Kier alpha value is -3.23. The second kappa shape index (κ2) is 12.3. The van der Waals surface area contributed by atoms with Gasteiger partial charge in [0.25, 0.3) is 6.43 Å².